The molecule has 0 aliphatic carbocycles. The highest BCUT2D eigenvalue weighted by Gasteiger charge is 2.19. The molecule has 3 rings (SSSR count). The highest BCUT2D eigenvalue weighted by atomic mass is 32.1. The molecule has 2 N–H and O–H groups in total. The van der Waals surface area contributed by atoms with E-state index in [1.807, 2.05) is 32.1 Å². The third-order valence-electron chi connectivity index (χ3n) is 5.83. The number of aryl methyl sites for hydroxylation is 2. The number of carbonyl (C=O) groups excluding carboxylic acids is 2. The van der Waals surface area contributed by atoms with Gasteiger partial charge in [-0.1, -0.05) is 59.2 Å². The summed E-state index contributed by atoms with van der Waals surface area (Å²) in [6.45, 7) is 11.9. The Morgan fingerprint density at radius 2 is 1.90 bits per heavy atom. The molecule has 0 aliphatic rings. The van der Waals surface area contributed by atoms with Crippen LogP contribution in [0.2, 0.25) is 0 Å². The van der Waals surface area contributed by atoms with Gasteiger partial charge in [-0.15, -0.1) is 11.3 Å². The average molecular weight is 558 g/mol. The number of hydrogen-bond acceptors (Lipinski definition) is 7. The Morgan fingerprint density at radius 3 is 2.51 bits per heavy atom. The van der Waals surface area contributed by atoms with Gasteiger partial charge in [0.05, 0.1) is 7.11 Å². The van der Waals surface area contributed by atoms with Gasteiger partial charge >= 0.3 is 11.7 Å². The number of unbranched alkanes of at least 4 members (excludes halogenated alkanes) is 1. The molecule has 39 heavy (non-hydrogen) atoms. The maximum absolute atomic E-state index is 11.8. The van der Waals surface area contributed by atoms with Gasteiger partial charge in [0.2, 0.25) is 0 Å². The second-order valence-electron chi connectivity index (χ2n) is 8.82. The molecule has 1 aromatic carbocycles. The highest BCUT2D eigenvalue weighted by molar-refractivity contribution is 7.19. The second kappa shape index (κ2) is 18.0. The minimum Gasteiger partial charge on any atom is -0.507 e. The number of fused-ring (bicyclic) bond motifs is 1. The first-order valence-corrected chi connectivity index (χ1v) is 14.4. The van der Waals surface area contributed by atoms with E-state index in [0.29, 0.717) is 18.6 Å². The van der Waals surface area contributed by atoms with Crippen molar-refractivity contribution in [2.45, 2.75) is 86.0 Å². The van der Waals surface area contributed by atoms with E-state index in [-0.39, 0.29) is 23.7 Å². The van der Waals surface area contributed by atoms with Crippen molar-refractivity contribution < 1.29 is 23.8 Å². The van der Waals surface area contributed by atoms with Crippen molar-refractivity contribution in [3.8, 4) is 5.75 Å². The molecule has 0 spiro atoms. The molecule has 2 heterocycles. The molecule has 1 unspecified atom stereocenters. The van der Waals surface area contributed by atoms with Crippen LogP contribution in [-0.2, 0) is 11.2 Å². The maximum Gasteiger partial charge on any atom is 0.410 e. The summed E-state index contributed by atoms with van der Waals surface area (Å²) in [5, 5.41) is 13.7. The number of methoxy groups -OCH3 is 1. The Hall–Kier alpha value is -3.39. The Balaban J connectivity index is 0.000000403. The number of ether oxygens (including phenoxy) is 1. The molecule has 8 heteroatoms. The molecule has 2 aromatic heterocycles. The van der Waals surface area contributed by atoms with Crippen LogP contribution in [0.15, 0.2) is 51.8 Å². The molecule has 0 aliphatic heterocycles. The molecule has 0 saturated heterocycles. The molecule has 7 nitrogen and oxygen atoms in total. The van der Waals surface area contributed by atoms with Gasteiger partial charge in [0, 0.05) is 34.2 Å². The van der Waals surface area contributed by atoms with Crippen LogP contribution in [0.25, 0.3) is 10.1 Å². The molecule has 1 atom stereocenters. The summed E-state index contributed by atoms with van der Waals surface area (Å²) in [6.07, 6.45) is 7.82. The maximum atomic E-state index is 11.8. The summed E-state index contributed by atoms with van der Waals surface area (Å²) >= 11 is 1.90. The lowest BCUT2D eigenvalue weighted by Gasteiger charge is -2.10. The van der Waals surface area contributed by atoms with Crippen LogP contribution >= 0.6 is 11.3 Å². The fourth-order valence-corrected chi connectivity index (χ4v) is 4.67. The van der Waals surface area contributed by atoms with Crippen molar-refractivity contribution >= 4 is 33.3 Å². The van der Waals surface area contributed by atoms with Gasteiger partial charge in [0.25, 0.3) is 0 Å². The molecule has 0 saturated carbocycles. The number of nitrogens with one attached hydrogen (secondary N) is 1. The Kier molecular flexibility index (Phi) is 15.5. The quantitative estimate of drug-likeness (QED) is 0.243. The van der Waals surface area contributed by atoms with Crippen molar-refractivity contribution in [2.75, 3.05) is 7.11 Å². The minimum absolute atomic E-state index is 0.116. The first-order valence-electron chi connectivity index (χ1n) is 13.6. The number of rotatable bonds is 10. The lowest BCUT2D eigenvalue weighted by atomic mass is 10.0. The van der Waals surface area contributed by atoms with E-state index in [1.165, 1.54) is 59.2 Å². The molecule has 0 fully saturated rings. The monoisotopic (exact) mass is 557 g/mol. The Morgan fingerprint density at radius 1 is 1.18 bits per heavy atom. The molecular weight excluding hydrogens is 514 g/mol. The number of thiophene rings is 1. The van der Waals surface area contributed by atoms with Gasteiger partial charge in [-0.3, -0.25) is 10.1 Å². The van der Waals surface area contributed by atoms with Crippen LogP contribution < -0.4 is 10.9 Å². The van der Waals surface area contributed by atoms with Crippen LogP contribution in [0.4, 0.5) is 4.79 Å². The number of hydrogen-bond donors (Lipinski definition) is 2. The zero-order chi connectivity index (χ0) is 29.4. The average Bonchev–Trinajstić information content (AvgIpc) is 3.31. The van der Waals surface area contributed by atoms with Crippen molar-refractivity contribution in [2.24, 2.45) is 0 Å². The zero-order valence-electron chi connectivity index (χ0n) is 24.3. The topological polar surface area (TPSA) is 106 Å². The van der Waals surface area contributed by atoms with E-state index in [9.17, 15) is 19.5 Å². The first-order chi connectivity index (χ1) is 18.7. The van der Waals surface area contributed by atoms with E-state index < -0.39 is 17.5 Å². The van der Waals surface area contributed by atoms with Crippen LogP contribution in [0.5, 0.6) is 5.75 Å². The van der Waals surface area contributed by atoms with Crippen LogP contribution in [0.1, 0.15) is 99.2 Å². The van der Waals surface area contributed by atoms with Gasteiger partial charge in [-0.2, -0.15) is 0 Å². The fraction of sp³-hybridized carbons (Fsp3) is 0.452. The summed E-state index contributed by atoms with van der Waals surface area (Å²) in [5.41, 5.74) is 0.369. The number of aromatic hydroxyl groups is 1. The molecule has 0 bridgehead atoms. The number of alkyl carbamates (subject to hydrolysis) is 1. The summed E-state index contributed by atoms with van der Waals surface area (Å²) in [7, 11) is 1.27. The highest BCUT2D eigenvalue weighted by Crippen LogP contribution is 2.27. The Bertz CT molecular complexity index is 1270. The van der Waals surface area contributed by atoms with Crippen molar-refractivity contribution in [3.05, 3.63) is 74.8 Å². The smallest absolute Gasteiger partial charge is 0.410 e. The summed E-state index contributed by atoms with van der Waals surface area (Å²) in [4.78, 5) is 35.7. The fourth-order valence-electron chi connectivity index (χ4n) is 3.68. The minimum atomic E-state index is -0.818. The van der Waals surface area contributed by atoms with Crippen molar-refractivity contribution in [3.63, 3.8) is 0 Å². The third-order valence-corrected chi connectivity index (χ3v) is 6.85. The van der Waals surface area contributed by atoms with E-state index >= 15 is 0 Å². The predicted octanol–water partition coefficient (Wildman–Crippen LogP) is 8.27. The van der Waals surface area contributed by atoms with E-state index in [1.54, 1.807) is 13.0 Å². The van der Waals surface area contributed by atoms with Crippen molar-refractivity contribution in [1.82, 2.24) is 5.32 Å². The van der Waals surface area contributed by atoms with Crippen LogP contribution in [-0.4, -0.2) is 24.1 Å². The van der Waals surface area contributed by atoms with Gasteiger partial charge < -0.3 is 14.3 Å². The second-order valence-corrected chi connectivity index (χ2v) is 10.1. The van der Waals surface area contributed by atoms with Gasteiger partial charge in [0.1, 0.15) is 17.1 Å². The Labute approximate surface area is 235 Å². The molecule has 0 radical (unpaired) electrons. The summed E-state index contributed by atoms with van der Waals surface area (Å²) < 4.78 is 11.0. The van der Waals surface area contributed by atoms with E-state index in [2.05, 4.69) is 48.2 Å². The zero-order valence-corrected chi connectivity index (χ0v) is 25.1. The molecule has 3 aromatic rings. The number of carbonyl (C=O) groups is 2. The van der Waals surface area contributed by atoms with E-state index in [0.717, 1.165) is 0 Å². The number of amides is 1. The number of ketones is 1. The predicted molar refractivity (Wildman–Crippen MR) is 160 cm³/mol. The van der Waals surface area contributed by atoms with Gasteiger partial charge in [0.15, 0.2) is 5.78 Å². The van der Waals surface area contributed by atoms with E-state index in [4.69, 9.17) is 4.42 Å². The van der Waals surface area contributed by atoms with Gasteiger partial charge in [-0.05, 0) is 55.7 Å². The molecule has 214 valence electrons. The first kappa shape index (κ1) is 33.6. The largest absolute Gasteiger partial charge is 0.507 e. The molecule has 1 amide bonds. The number of allylic oxidation sites excluding steroid dienone is 1. The lowest BCUT2D eigenvalue weighted by Crippen LogP contribution is -2.16. The number of benzene rings is 1. The van der Waals surface area contributed by atoms with Gasteiger partial charge in [-0.25, -0.2) is 9.59 Å². The standard InChI is InChI=1S/C16H21NO6.C13H16S.C2H6/c1-4-11(18)14-12(19)9-13(23-15(14)20)10(2)7-5-6-8-17-16(21)22-3;1-3-4-5-11-6-7-12-8-10(2)14-13(12)9-11;1-2/h6,8-10,19H,4-5,7H2,1-3H3,(H,17,21);6-9H,3-5H2,1-2H3;1-2H3/b8-6+;;. The normalized spacial score (nSPS) is 11.3. The third kappa shape index (κ3) is 11.1. The summed E-state index contributed by atoms with van der Waals surface area (Å²) in [5.74, 6) is -0.623. The van der Waals surface area contributed by atoms with Crippen molar-refractivity contribution in [1.29, 1.82) is 0 Å². The number of Topliss-reactive ketones (excluding diaryl/α,β-unsaturated/α-hetero) is 1. The van der Waals surface area contributed by atoms with Crippen LogP contribution in [0.3, 0.4) is 0 Å². The lowest BCUT2D eigenvalue weighted by molar-refractivity contribution is 0.0980. The SMILES string of the molecule is CC.CCC(=O)c1c(O)cc(C(C)CC/C=C/NC(=O)OC)oc1=O.CCCCc1ccc2cc(C)sc2c1. The molecular formula is C31H43NO6S. The summed E-state index contributed by atoms with van der Waals surface area (Å²) in [6, 6.07) is 10.5. The van der Waals surface area contributed by atoms with Crippen LogP contribution in [0, 0.1) is 6.92 Å².